The number of hydrogen-bond acceptors (Lipinski definition) is 4. The molecule has 26 heavy (non-hydrogen) atoms. The lowest BCUT2D eigenvalue weighted by atomic mass is 10.1. The number of amides is 3. The largest absolute Gasteiger partial charge is 0.334 e. The first-order valence-corrected chi connectivity index (χ1v) is 9.80. The molecule has 1 aromatic rings. The van der Waals surface area contributed by atoms with Crippen molar-refractivity contribution in [2.45, 2.75) is 32.6 Å². The molecule has 0 aliphatic carbocycles. The van der Waals surface area contributed by atoms with E-state index in [0.29, 0.717) is 49.4 Å². The first kappa shape index (κ1) is 18.9. The Hall–Kier alpha value is -1.90. The SMILES string of the molecule is CC(C)c1[nH]nc(C(=O)N2CCN(C(=O)C(=O)N3CCCC3)CC2)c1Br. The third-order valence-electron chi connectivity index (χ3n) is 4.94. The lowest BCUT2D eigenvalue weighted by Gasteiger charge is -2.34. The molecule has 3 heterocycles. The Morgan fingerprint density at radius 2 is 1.42 bits per heavy atom. The molecule has 0 bridgehead atoms. The first-order valence-electron chi connectivity index (χ1n) is 9.01. The maximum atomic E-state index is 12.7. The zero-order valence-corrected chi connectivity index (χ0v) is 16.7. The highest BCUT2D eigenvalue weighted by Gasteiger charge is 2.33. The number of carbonyl (C=O) groups excluding carboxylic acids is 3. The minimum atomic E-state index is -0.456. The number of piperazine rings is 1. The van der Waals surface area contributed by atoms with Gasteiger partial charge in [-0.15, -0.1) is 0 Å². The Labute approximate surface area is 161 Å². The second-order valence-corrected chi connectivity index (χ2v) is 7.83. The summed E-state index contributed by atoms with van der Waals surface area (Å²) >= 11 is 3.45. The van der Waals surface area contributed by atoms with E-state index in [9.17, 15) is 14.4 Å². The van der Waals surface area contributed by atoms with Crippen LogP contribution in [0.5, 0.6) is 0 Å². The van der Waals surface area contributed by atoms with E-state index >= 15 is 0 Å². The first-order chi connectivity index (χ1) is 12.4. The van der Waals surface area contributed by atoms with Gasteiger partial charge < -0.3 is 14.7 Å². The van der Waals surface area contributed by atoms with Gasteiger partial charge >= 0.3 is 11.8 Å². The van der Waals surface area contributed by atoms with Crippen molar-refractivity contribution < 1.29 is 14.4 Å². The van der Waals surface area contributed by atoms with Gasteiger partial charge in [-0.3, -0.25) is 19.5 Å². The van der Waals surface area contributed by atoms with Crippen LogP contribution in [0.15, 0.2) is 4.47 Å². The zero-order chi connectivity index (χ0) is 18.8. The van der Waals surface area contributed by atoms with Crippen LogP contribution in [0.25, 0.3) is 0 Å². The number of halogens is 1. The number of likely N-dealkylation sites (tertiary alicyclic amines) is 1. The topological polar surface area (TPSA) is 89.6 Å². The smallest absolute Gasteiger partial charge is 0.312 e. The van der Waals surface area contributed by atoms with Gasteiger partial charge in [0.05, 0.1) is 10.2 Å². The summed E-state index contributed by atoms with van der Waals surface area (Å²) < 4.78 is 0.695. The zero-order valence-electron chi connectivity index (χ0n) is 15.1. The molecular formula is C17H24BrN5O3. The van der Waals surface area contributed by atoms with Crippen molar-refractivity contribution in [3.05, 3.63) is 15.9 Å². The van der Waals surface area contributed by atoms with Gasteiger partial charge in [0.15, 0.2) is 5.69 Å². The van der Waals surface area contributed by atoms with Gasteiger partial charge in [0.1, 0.15) is 0 Å². The normalized spacial score (nSPS) is 17.9. The van der Waals surface area contributed by atoms with E-state index in [4.69, 9.17) is 0 Å². The molecule has 1 aromatic heterocycles. The van der Waals surface area contributed by atoms with Crippen molar-refractivity contribution in [1.82, 2.24) is 24.9 Å². The van der Waals surface area contributed by atoms with Crippen LogP contribution in [-0.2, 0) is 9.59 Å². The number of nitrogens with zero attached hydrogens (tertiary/aromatic N) is 4. The summed E-state index contributed by atoms with van der Waals surface area (Å²) in [6, 6.07) is 0. The van der Waals surface area contributed by atoms with Crippen LogP contribution in [0.2, 0.25) is 0 Å². The molecule has 2 aliphatic rings. The number of nitrogens with one attached hydrogen (secondary N) is 1. The van der Waals surface area contributed by atoms with Crippen molar-refractivity contribution in [2.24, 2.45) is 0 Å². The van der Waals surface area contributed by atoms with Gasteiger partial charge in [-0.05, 0) is 34.7 Å². The molecule has 2 fully saturated rings. The van der Waals surface area contributed by atoms with Gasteiger partial charge in [0.2, 0.25) is 0 Å². The molecule has 9 heteroatoms. The third-order valence-corrected chi connectivity index (χ3v) is 5.75. The minimum Gasteiger partial charge on any atom is -0.334 e. The van der Waals surface area contributed by atoms with E-state index in [2.05, 4.69) is 26.1 Å². The molecule has 0 spiro atoms. The van der Waals surface area contributed by atoms with Crippen molar-refractivity contribution in [3.63, 3.8) is 0 Å². The van der Waals surface area contributed by atoms with E-state index in [-0.39, 0.29) is 11.8 Å². The number of hydrogen-bond donors (Lipinski definition) is 1. The molecule has 2 aliphatic heterocycles. The monoisotopic (exact) mass is 425 g/mol. The molecule has 0 unspecified atom stereocenters. The van der Waals surface area contributed by atoms with Crippen molar-refractivity contribution in [1.29, 1.82) is 0 Å². The van der Waals surface area contributed by atoms with Crippen LogP contribution in [0.3, 0.4) is 0 Å². The van der Waals surface area contributed by atoms with Crippen molar-refractivity contribution in [2.75, 3.05) is 39.3 Å². The van der Waals surface area contributed by atoms with Crippen LogP contribution < -0.4 is 0 Å². The van der Waals surface area contributed by atoms with Crippen LogP contribution in [0, 0.1) is 0 Å². The fourth-order valence-electron chi connectivity index (χ4n) is 3.32. The second kappa shape index (κ2) is 7.77. The predicted molar refractivity (Wildman–Crippen MR) is 98.7 cm³/mol. The summed E-state index contributed by atoms with van der Waals surface area (Å²) in [6.07, 6.45) is 1.91. The van der Waals surface area contributed by atoms with Gasteiger partial charge in [-0.25, -0.2) is 0 Å². The maximum Gasteiger partial charge on any atom is 0.312 e. The minimum absolute atomic E-state index is 0.169. The lowest BCUT2D eigenvalue weighted by molar-refractivity contribution is -0.152. The molecule has 0 radical (unpaired) electrons. The quantitative estimate of drug-likeness (QED) is 0.720. The summed E-state index contributed by atoms with van der Waals surface area (Å²) in [4.78, 5) is 42.1. The van der Waals surface area contributed by atoms with Gasteiger partial charge in [0.25, 0.3) is 5.91 Å². The fourth-order valence-corrected chi connectivity index (χ4v) is 4.12. The molecule has 0 aromatic carbocycles. The maximum absolute atomic E-state index is 12.7. The van der Waals surface area contributed by atoms with Crippen molar-refractivity contribution in [3.8, 4) is 0 Å². The Morgan fingerprint density at radius 1 is 0.923 bits per heavy atom. The summed E-state index contributed by atoms with van der Waals surface area (Å²) in [6.45, 7) is 6.89. The predicted octanol–water partition coefficient (Wildman–Crippen LogP) is 1.20. The van der Waals surface area contributed by atoms with Crippen LogP contribution >= 0.6 is 15.9 Å². The second-order valence-electron chi connectivity index (χ2n) is 7.04. The standard InChI is InChI=1S/C17H24BrN5O3/c1-11(2)13-12(18)14(20-19-13)15(24)22-7-9-23(10-8-22)17(26)16(25)21-5-3-4-6-21/h11H,3-10H2,1-2H3,(H,19,20). The molecule has 3 rings (SSSR count). The molecule has 0 saturated carbocycles. The van der Waals surface area contributed by atoms with Crippen LogP contribution in [-0.4, -0.2) is 81.9 Å². The summed E-state index contributed by atoms with van der Waals surface area (Å²) in [5.74, 6) is -0.816. The van der Waals surface area contributed by atoms with Crippen molar-refractivity contribution >= 4 is 33.7 Å². The average Bonchev–Trinajstić information content (AvgIpc) is 3.29. The molecule has 0 atom stereocenters. The molecule has 142 valence electrons. The van der Waals surface area contributed by atoms with Gasteiger partial charge in [0, 0.05) is 39.3 Å². The number of aromatic amines is 1. The highest BCUT2D eigenvalue weighted by Crippen LogP contribution is 2.26. The number of rotatable bonds is 2. The Bertz CT molecular complexity index is 703. The van der Waals surface area contributed by atoms with E-state index in [0.717, 1.165) is 18.5 Å². The lowest BCUT2D eigenvalue weighted by Crippen LogP contribution is -2.54. The molecule has 1 N–H and O–H groups in total. The number of aromatic nitrogens is 2. The average molecular weight is 426 g/mol. The number of H-pyrrole nitrogens is 1. The highest BCUT2D eigenvalue weighted by molar-refractivity contribution is 9.10. The van der Waals surface area contributed by atoms with E-state index in [1.165, 1.54) is 0 Å². The Balaban J connectivity index is 1.58. The van der Waals surface area contributed by atoms with E-state index in [1.807, 2.05) is 13.8 Å². The molecule has 3 amide bonds. The molecular weight excluding hydrogens is 402 g/mol. The molecule has 2 saturated heterocycles. The highest BCUT2D eigenvalue weighted by atomic mass is 79.9. The van der Waals surface area contributed by atoms with Gasteiger partial charge in [-0.2, -0.15) is 5.10 Å². The molecule has 8 nitrogen and oxygen atoms in total. The summed E-state index contributed by atoms with van der Waals surface area (Å²) in [5, 5.41) is 7.05. The van der Waals surface area contributed by atoms with E-state index in [1.54, 1.807) is 14.7 Å². The fraction of sp³-hybridized carbons (Fsp3) is 0.647. The summed E-state index contributed by atoms with van der Waals surface area (Å²) in [7, 11) is 0. The Morgan fingerprint density at radius 3 is 1.92 bits per heavy atom. The van der Waals surface area contributed by atoms with Crippen LogP contribution in [0.1, 0.15) is 48.8 Å². The van der Waals surface area contributed by atoms with E-state index < -0.39 is 11.8 Å². The third kappa shape index (κ3) is 3.62. The Kier molecular flexibility index (Phi) is 5.64. The summed E-state index contributed by atoms with van der Waals surface area (Å²) in [5.41, 5.74) is 1.25. The number of carbonyl (C=O) groups is 3. The van der Waals surface area contributed by atoms with Crippen LogP contribution in [0.4, 0.5) is 0 Å². The van der Waals surface area contributed by atoms with Gasteiger partial charge in [-0.1, -0.05) is 13.8 Å².